The lowest BCUT2D eigenvalue weighted by Crippen LogP contribution is -2.50. The van der Waals surface area contributed by atoms with Crippen molar-refractivity contribution < 1.29 is 15.0 Å². The van der Waals surface area contributed by atoms with Gasteiger partial charge in [0, 0.05) is 25.2 Å². The van der Waals surface area contributed by atoms with Crippen LogP contribution in [-0.2, 0) is 0 Å². The van der Waals surface area contributed by atoms with E-state index in [1.807, 2.05) is 13.8 Å². The monoisotopic (exact) mass is 238 g/mol. The van der Waals surface area contributed by atoms with Crippen LogP contribution in [0.3, 0.4) is 0 Å². The van der Waals surface area contributed by atoms with Crippen molar-refractivity contribution >= 4 is 5.91 Å². The van der Waals surface area contributed by atoms with E-state index in [4.69, 9.17) is 10.8 Å². The fourth-order valence-electron chi connectivity index (χ4n) is 1.29. The minimum atomic E-state index is -0.499. The van der Waals surface area contributed by atoms with Crippen molar-refractivity contribution in [1.82, 2.24) is 4.90 Å². The first-order valence-corrected chi connectivity index (χ1v) is 5.30. The molecule has 4 N–H and O–H groups in total. The highest BCUT2D eigenvalue weighted by Crippen LogP contribution is 2.25. The van der Waals surface area contributed by atoms with Gasteiger partial charge in [-0.05, 0) is 26.0 Å². The number of carbonyl (C=O) groups excluding carboxylic acids is 1. The van der Waals surface area contributed by atoms with E-state index in [-0.39, 0.29) is 23.0 Å². The van der Waals surface area contributed by atoms with Crippen molar-refractivity contribution in [2.45, 2.75) is 19.4 Å². The molecule has 5 nitrogen and oxygen atoms in total. The Bertz CT molecular complexity index is 430. The van der Waals surface area contributed by atoms with Gasteiger partial charge in [-0.3, -0.25) is 4.79 Å². The van der Waals surface area contributed by atoms with Gasteiger partial charge < -0.3 is 20.8 Å². The summed E-state index contributed by atoms with van der Waals surface area (Å²) in [4.78, 5) is 13.6. The molecule has 0 aliphatic rings. The summed E-state index contributed by atoms with van der Waals surface area (Å²) in [6.45, 7) is 3.98. The van der Waals surface area contributed by atoms with Crippen molar-refractivity contribution in [3.05, 3.63) is 23.8 Å². The molecule has 0 fully saturated rings. The molecule has 0 heterocycles. The van der Waals surface area contributed by atoms with E-state index in [2.05, 4.69) is 0 Å². The van der Waals surface area contributed by atoms with Gasteiger partial charge in [0.05, 0.1) is 5.56 Å². The second-order valence-corrected chi connectivity index (χ2v) is 4.58. The summed E-state index contributed by atoms with van der Waals surface area (Å²) < 4.78 is 0. The molecule has 1 aromatic rings. The summed E-state index contributed by atoms with van der Waals surface area (Å²) in [6.07, 6.45) is 0. The molecule has 0 atom stereocenters. The van der Waals surface area contributed by atoms with Gasteiger partial charge in [-0.2, -0.15) is 0 Å². The average molecular weight is 238 g/mol. The number of rotatable bonds is 3. The third kappa shape index (κ3) is 2.68. The summed E-state index contributed by atoms with van der Waals surface area (Å²) in [6, 6.07) is 3.88. The minimum Gasteiger partial charge on any atom is -0.508 e. The number of hydrogen-bond donors (Lipinski definition) is 3. The largest absolute Gasteiger partial charge is 0.508 e. The van der Waals surface area contributed by atoms with E-state index in [9.17, 15) is 9.90 Å². The fraction of sp³-hybridized carbons (Fsp3) is 0.417. The Kier molecular flexibility index (Phi) is 3.63. The molecule has 0 spiro atoms. The van der Waals surface area contributed by atoms with Crippen LogP contribution in [0, 0.1) is 0 Å². The molecule has 94 valence electrons. The van der Waals surface area contributed by atoms with Crippen molar-refractivity contribution in [1.29, 1.82) is 0 Å². The van der Waals surface area contributed by atoms with E-state index >= 15 is 0 Å². The van der Waals surface area contributed by atoms with Crippen molar-refractivity contribution in [3.63, 3.8) is 0 Å². The molecule has 0 unspecified atom stereocenters. The van der Waals surface area contributed by atoms with Crippen molar-refractivity contribution in [2.24, 2.45) is 5.73 Å². The minimum absolute atomic E-state index is 0.0835. The number of phenols is 2. The Morgan fingerprint density at radius 3 is 2.47 bits per heavy atom. The lowest BCUT2D eigenvalue weighted by Gasteiger charge is -2.34. The van der Waals surface area contributed by atoms with Gasteiger partial charge >= 0.3 is 0 Å². The van der Waals surface area contributed by atoms with Crippen LogP contribution in [0.2, 0.25) is 0 Å². The van der Waals surface area contributed by atoms with Crippen LogP contribution in [0.25, 0.3) is 0 Å². The van der Waals surface area contributed by atoms with Crippen LogP contribution < -0.4 is 5.73 Å². The maximum atomic E-state index is 12.1. The van der Waals surface area contributed by atoms with Crippen molar-refractivity contribution in [2.75, 3.05) is 13.6 Å². The molecule has 5 heteroatoms. The molecule has 0 aromatic heterocycles. The quantitative estimate of drug-likeness (QED) is 0.730. The lowest BCUT2D eigenvalue weighted by molar-refractivity contribution is 0.0637. The van der Waals surface area contributed by atoms with Gasteiger partial charge in [0.15, 0.2) is 0 Å². The standard InChI is InChI=1S/C12H18N2O3/c1-12(2,7-13)14(3)11(17)9-5-4-8(15)6-10(9)16/h4-6,15-16H,7,13H2,1-3H3. The molecular formula is C12H18N2O3. The lowest BCUT2D eigenvalue weighted by atomic mass is 10.0. The van der Waals surface area contributed by atoms with Gasteiger partial charge in [0.1, 0.15) is 11.5 Å². The van der Waals surface area contributed by atoms with Crippen LogP contribution in [0.1, 0.15) is 24.2 Å². The molecule has 0 saturated heterocycles. The van der Waals surface area contributed by atoms with Gasteiger partial charge in [0.25, 0.3) is 5.91 Å². The first-order chi connectivity index (χ1) is 7.79. The summed E-state index contributed by atoms with van der Waals surface area (Å²) >= 11 is 0. The third-order valence-electron chi connectivity index (χ3n) is 2.92. The summed E-state index contributed by atoms with van der Waals surface area (Å²) in [5, 5.41) is 18.8. The summed E-state index contributed by atoms with van der Waals surface area (Å²) in [5.74, 6) is -0.660. The fourth-order valence-corrected chi connectivity index (χ4v) is 1.29. The van der Waals surface area contributed by atoms with Crippen LogP contribution in [-0.4, -0.2) is 40.2 Å². The molecule has 1 amide bonds. The molecule has 0 aliphatic heterocycles. The van der Waals surface area contributed by atoms with Crippen LogP contribution in [0.15, 0.2) is 18.2 Å². The maximum Gasteiger partial charge on any atom is 0.257 e. The van der Waals surface area contributed by atoms with Crippen LogP contribution >= 0.6 is 0 Å². The van der Waals surface area contributed by atoms with Gasteiger partial charge in [-0.15, -0.1) is 0 Å². The number of nitrogens with zero attached hydrogens (tertiary/aromatic N) is 1. The van der Waals surface area contributed by atoms with Crippen molar-refractivity contribution in [3.8, 4) is 11.5 Å². The third-order valence-corrected chi connectivity index (χ3v) is 2.92. The van der Waals surface area contributed by atoms with E-state index < -0.39 is 5.54 Å². The number of benzene rings is 1. The number of carbonyl (C=O) groups is 1. The zero-order valence-electron chi connectivity index (χ0n) is 10.3. The van der Waals surface area contributed by atoms with E-state index in [1.165, 1.54) is 17.0 Å². The first-order valence-electron chi connectivity index (χ1n) is 5.30. The van der Waals surface area contributed by atoms with Crippen LogP contribution in [0.4, 0.5) is 0 Å². The number of hydrogen-bond acceptors (Lipinski definition) is 4. The number of amides is 1. The number of phenolic OH excluding ortho intramolecular Hbond substituents is 2. The smallest absolute Gasteiger partial charge is 0.257 e. The predicted octanol–water partition coefficient (Wildman–Crippen LogP) is 0.907. The average Bonchev–Trinajstić information content (AvgIpc) is 2.27. The maximum absolute atomic E-state index is 12.1. The molecule has 0 saturated carbocycles. The topological polar surface area (TPSA) is 86.8 Å². The van der Waals surface area contributed by atoms with E-state index in [0.29, 0.717) is 6.54 Å². The Morgan fingerprint density at radius 1 is 1.41 bits per heavy atom. The van der Waals surface area contributed by atoms with Crippen LogP contribution in [0.5, 0.6) is 11.5 Å². The summed E-state index contributed by atoms with van der Waals surface area (Å²) in [7, 11) is 1.63. The summed E-state index contributed by atoms with van der Waals surface area (Å²) in [5.41, 5.74) is 5.24. The zero-order chi connectivity index (χ0) is 13.2. The number of nitrogens with two attached hydrogens (primary N) is 1. The number of likely N-dealkylation sites (N-methyl/N-ethyl adjacent to an activating group) is 1. The second-order valence-electron chi connectivity index (χ2n) is 4.58. The highest BCUT2D eigenvalue weighted by Gasteiger charge is 2.28. The van der Waals surface area contributed by atoms with Gasteiger partial charge in [-0.25, -0.2) is 0 Å². The molecular weight excluding hydrogens is 220 g/mol. The Balaban J connectivity index is 3.05. The second kappa shape index (κ2) is 4.63. The highest BCUT2D eigenvalue weighted by atomic mass is 16.3. The van der Waals surface area contributed by atoms with Gasteiger partial charge in [0.2, 0.25) is 0 Å². The van der Waals surface area contributed by atoms with E-state index in [1.54, 1.807) is 7.05 Å². The number of aromatic hydroxyl groups is 2. The molecule has 0 radical (unpaired) electrons. The first kappa shape index (κ1) is 13.3. The zero-order valence-corrected chi connectivity index (χ0v) is 10.3. The van der Waals surface area contributed by atoms with Gasteiger partial charge in [-0.1, -0.05) is 0 Å². The molecule has 1 aromatic carbocycles. The Hall–Kier alpha value is -1.75. The molecule has 1 rings (SSSR count). The molecule has 0 bridgehead atoms. The predicted molar refractivity (Wildman–Crippen MR) is 65.0 cm³/mol. The molecule has 0 aliphatic carbocycles. The Morgan fingerprint density at radius 2 is 2.00 bits per heavy atom. The highest BCUT2D eigenvalue weighted by molar-refractivity contribution is 5.97. The normalized spacial score (nSPS) is 11.3. The Labute approximate surface area is 100 Å². The molecule has 17 heavy (non-hydrogen) atoms. The van der Waals surface area contributed by atoms with E-state index in [0.717, 1.165) is 6.07 Å². The SMILES string of the molecule is CN(C(=O)c1ccc(O)cc1O)C(C)(C)CN.